The fourth-order valence-electron chi connectivity index (χ4n) is 1.63. The summed E-state index contributed by atoms with van der Waals surface area (Å²) in [5, 5.41) is 9.88. The van der Waals surface area contributed by atoms with Crippen LogP contribution in [0.4, 0.5) is 0 Å². The number of ether oxygens (including phenoxy) is 1. The van der Waals surface area contributed by atoms with Gasteiger partial charge < -0.3 is 9.84 Å². The topological polar surface area (TPSA) is 32.7 Å². The molecule has 13 heavy (non-hydrogen) atoms. The van der Waals surface area contributed by atoms with E-state index in [1.54, 1.807) is 0 Å². The summed E-state index contributed by atoms with van der Waals surface area (Å²) < 4.78 is 5.43. The molecule has 2 unspecified atom stereocenters. The molecule has 0 bridgehead atoms. The molecule has 0 radical (unpaired) electrons. The first-order chi connectivity index (χ1) is 6.03. The summed E-state index contributed by atoms with van der Waals surface area (Å²) in [6.07, 6.45) is 1.11. The van der Waals surface area contributed by atoms with Gasteiger partial charge in [0.25, 0.3) is 0 Å². The molecular weight excluding hydrogens is 166 g/mol. The largest absolute Gasteiger partial charge is 0.389 e. The molecule has 1 aliphatic rings. The number of morpholine rings is 1. The maximum atomic E-state index is 9.88. The molecule has 3 heteroatoms. The van der Waals surface area contributed by atoms with Crippen LogP contribution in [0.5, 0.6) is 0 Å². The summed E-state index contributed by atoms with van der Waals surface area (Å²) in [7, 11) is 0. The zero-order valence-electron chi connectivity index (χ0n) is 8.92. The lowest BCUT2D eigenvalue weighted by Crippen LogP contribution is -2.48. The van der Waals surface area contributed by atoms with E-state index in [1.807, 2.05) is 13.8 Å². The van der Waals surface area contributed by atoms with Crippen LogP contribution in [0.15, 0.2) is 0 Å². The van der Waals surface area contributed by atoms with Crippen molar-refractivity contribution in [2.45, 2.75) is 38.9 Å². The Bertz CT molecular complexity index is 159. The lowest BCUT2D eigenvalue weighted by Gasteiger charge is -2.35. The van der Waals surface area contributed by atoms with Gasteiger partial charge in [-0.3, -0.25) is 4.90 Å². The van der Waals surface area contributed by atoms with Crippen LogP contribution < -0.4 is 0 Å². The van der Waals surface area contributed by atoms with Crippen molar-refractivity contribution in [2.75, 3.05) is 26.2 Å². The second-order valence-corrected chi connectivity index (χ2v) is 4.27. The molecule has 1 heterocycles. The molecule has 0 saturated carbocycles. The van der Waals surface area contributed by atoms with Gasteiger partial charge in [-0.1, -0.05) is 6.92 Å². The minimum absolute atomic E-state index is 0.307. The summed E-state index contributed by atoms with van der Waals surface area (Å²) >= 11 is 0. The Hall–Kier alpha value is -0.120. The maximum absolute atomic E-state index is 9.88. The smallest absolute Gasteiger partial charge is 0.0743 e. The molecule has 0 amide bonds. The molecule has 1 rings (SSSR count). The second kappa shape index (κ2) is 4.40. The van der Waals surface area contributed by atoms with Crippen molar-refractivity contribution in [3.05, 3.63) is 0 Å². The molecule has 0 aliphatic carbocycles. The minimum Gasteiger partial charge on any atom is -0.389 e. The van der Waals surface area contributed by atoms with E-state index in [-0.39, 0.29) is 0 Å². The van der Waals surface area contributed by atoms with Gasteiger partial charge in [0, 0.05) is 19.6 Å². The highest BCUT2D eigenvalue weighted by atomic mass is 16.5. The monoisotopic (exact) mass is 187 g/mol. The van der Waals surface area contributed by atoms with E-state index in [0.717, 1.165) is 32.7 Å². The van der Waals surface area contributed by atoms with Crippen LogP contribution in [0.3, 0.4) is 0 Å². The van der Waals surface area contributed by atoms with Gasteiger partial charge in [0.2, 0.25) is 0 Å². The maximum Gasteiger partial charge on any atom is 0.0743 e. The predicted molar refractivity (Wildman–Crippen MR) is 52.8 cm³/mol. The van der Waals surface area contributed by atoms with Gasteiger partial charge in [-0.25, -0.2) is 0 Å². The predicted octanol–water partition coefficient (Wildman–Crippen LogP) is 0.868. The van der Waals surface area contributed by atoms with E-state index in [4.69, 9.17) is 4.74 Å². The molecule has 1 N–H and O–H groups in total. The Balaban J connectivity index is 2.35. The number of rotatable bonds is 3. The minimum atomic E-state index is -0.545. The number of nitrogens with zero attached hydrogens (tertiary/aromatic N) is 1. The Labute approximate surface area is 80.7 Å². The van der Waals surface area contributed by atoms with Gasteiger partial charge in [-0.15, -0.1) is 0 Å². The fourth-order valence-corrected chi connectivity index (χ4v) is 1.63. The molecule has 1 fully saturated rings. The van der Waals surface area contributed by atoms with Gasteiger partial charge in [-0.05, 0) is 20.3 Å². The first-order valence-electron chi connectivity index (χ1n) is 5.10. The van der Waals surface area contributed by atoms with Gasteiger partial charge in [0.05, 0.1) is 18.3 Å². The molecular formula is C10H21NO2. The lowest BCUT2D eigenvalue weighted by molar-refractivity contribution is -0.0536. The summed E-state index contributed by atoms with van der Waals surface area (Å²) in [5.41, 5.74) is -0.545. The van der Waals surface area contributed by atoms with Gasteiger partial charge in [0.15, 0.2) is 0 Å². The first kappa shape index (κ1) is 11.0. The van der Waals surface area contributed by atoms with E-state index < -0.39 is 5.60 Å². The van der Waals surface area contributed by atoms with E-state index in [2.05, 4.69) is 11.8 Å². The number of aliphatic hydroxyl groups is 1. The summed E-state index contributed by atoms with van der Waals surface area (Å²) in [6, 6.07) is 0. The van der Waals surface area contributed by atoms with E-state index in [9.17, 15) is 5.11 Å². The second-order valence-electron chi connectivity index (χ2n) is 4.27. The average Bonchev–Trinajstić information content (AvgIpc) is 2.03. The molecule has 0 aromatic rings. The third-order valence-electron chi connectivity index (χ3n) is 2.65. The third-order valence-corrected chi connectivity index (χ3v) is 2.65. The van der Waals surface area contributed by atoms with Crippen LogP contribution in [0, 0.1) is 0 Å². The summed E-state index contributed by atoms with van der Waals surface area (Å²) in [5.74, 6) is 0. The first-order valence-corrected chi connectivity index (χ1v) is 5.10. The quantitative estimate of drug-likeness (QED) is 0.711. The third kappa shape index (κ3) is 3.63. The van der Waals surface area contributed by atoms with Crippen molar-refractivity contribution in [1.82, 2.24) is 4.90 Å². The lowest BCUT2D eigenvalue weighted by atomic mass is 10.0. The van der Waals surface area contributed by atoms with Crippen LogP contribution in [-0.4, -0.2) is 48.0 Å². The highest BCUT2D eigenvalue weighted by Crippen LogP contribution is 2.13. The number of hydrogen-bond acceptors (Lipinski definition) is 3. The standard InChI is InChI=1S/C10H21NO2/c1-4-10(3,12)8-11-5-6-13-9(2)7-11/h9,12H,4-8H2,1-3H3. The molecule has 0 spiro atoms. The number of hydrogen-bond donors (Lipinski definition) is 1. The summed E-state index contributed by atoms with van der Waals surface area (Å²) in [4.78, 5) is 2.28. The van der Waals surface area contributed by atoms with Crippen molar-refractivity contribution in [3.63, 3.8) is 0 Å². The highest BCUT2D eigenvalue weighted by molar-refractivity contribution is 4.78. The van der Waals surface area contributed by atoms with E-state index in [1.165, 1.54) is 0 Å². The molecule has 1 saturated heterocycles. The van der Waals surface area contributed by atoms with Gasteiger partial charge in [-0.2, -0.15) is 0 Å². The van der Waals surface area contributed by atoms with Crippen LogP contribution in [-0.2, 0) is 4.74 Å². The van der Waals surface area contributed by atoms with Crippen molar-refractivity contribution >= 4 is 0 Å². The zero-order chi connectivity index (χ0) is 9.90. The highest BCUT2D eigenvalue weighted by Gasteiger charge is 2.25. The van der Waals surface area contributed by atoms with E-state index >= 15 is 0 Å². The van der Waals surface area contributed by atoms with Crippen LogP contribution in [0.2, 0.25) is 0 Å². The molecule has 2 atom stereocenters. The van der Waals surface area contributed by atoms with Crippen LogP contribution in [0.25, 0.3) is 0 Å². The normalized spacial score (nSPS) is 30.0. The molecule has 78 valence electrons. The van der Waals surface area contributed by atoms with Crippen molar-refractivity contribution < 1.29 is 9.84 Å². The van der Waals surface area contributed by atoms with Gasteiger partial charge in [0.1, 0.15) is 0 Å². The van der Waals surface area contributed by atoms with Crippen molar-refractivity contribution in [2.24, 2.45) is 0 Å². The fraction of sp³-hybridized carbons (Fsp3) is 1.00. The Morgan fingerprint density at radius 2 is 2.31 bits per heavy atom. The molecule has 3 nitrogen and oxygen atoms in total. The Kier molecular flexibility index (Phi) is 3.71. The SMILES string of the molecule is CCC(C)(O)CN1CCOC(C)C1. The van der Waals surface area contributed by atoms with Crippen molar-refractivity contribution in [3.8, 4) is 0 Å². The van der Waals surface area contributed by atoms with E-state index in [0.29, 0.717) is 6.10 Å². The number of β-amino-alcohol motifs (C(OH)–C–C–N with tert-alkyl or cyclic N) is 1. The Morgan fingerprint density at radius 3 is 2.85 bits per heavy atom. The summed E-state index contributed by atoms with van der Waals surface area (Å²) in [6.45, 7) is 9.43. The molecule has 0 aromatic heterocycles. The average molecular weight is 187 g/mol. The zero-order valence-corrected chi connectivity index (χ0v) is 8.92. The van der Waals surface area contributed by atoms with Gasteiger partial charge >= 0.3 is 0 Å². The molecule has 1 aliphatic heterocycles. The van der Waals surface area contributed by atoms with Crippen molar-refractivity contribution in [1.29, 1.82) is 0 Å². The van der Waals surface area contributed by atoms with Crippen LogP contribution in [0.1, 0.15) is 27.2 Å². The molecule has 0 aromatic carbocycles. The van der Waals surface area contributed by atoms with Crippen LogP contribution >= 0.6 is 0 Å². The Morgan fingerprint density at radius 1 is 1.62 bits per heavy atom.